The Morgan fingerprint density at radius 2 is 1.25 bits per heavy atom. The smallest absolute Gasteiger partial charge is 0.125 e. The van der Waals surface area contributed by atoms with Crippen molar-refractivity contribution in [3.8, 4) is 50.8 Å². The fourth-order valence-corrected chi connectivity index (χ4v) is 3.80. The van der Waals surface area contributed by atoms with E-state index in [1.54, 1.807) is 53.2 Å². The first-order valence-corrected chi connectivity index (χ1v) is 10.1. The molecule has 4 aromatic carbocycles. The molecule has 32 heavy (non-hydrogen) atoms. The topological polar surface area (TPSA) is 58.3 Å². The zero-order chi connectivity index (χ0) is 22.1. The summed E-state index contributed by atoms with van der Waals surface area (Å²) in [7, 11) is 0. The number of hydrogen-bond donors (Lipinski definition) is 2. The fraction of sp³-hybridized carbons (Fsp3) is 0. The first kappa shape index (κ1) is 19.6. The van der Waals surface area contributed by atoms with Crippen molar-refractivity contribution in [2.75, 3.05) is 0 Å². The highest BCUT2D eigenvalue weighted by Crippen LogP contribution is 2.41. The number of benzene rings is 4. The molecule has 0 fully saturated rings. The molecule has 0 saturated heterocycles. The quantitative estimate of drug-likeness (QED) is 0.351. The summed E-state index contributed by atoms with van der Waals surface area (Å²) in [6.45, 7) is 0. The maximum Gasteiger partial charge on any atom is 0.125 e. The fourth-order valence-electron chi connectivity index (χ4n) is 3.80. The zero-order valence-electron chi connectivity index (χ0n) is 17.0. The van der Waals surface area contributed by atoms with Crippen LogP contribution in [0.2, 0.25) is 0 Å². The van der Waals surface area contributed by atoms with Crippen molar-refractivity contribution in [2.45, 2.75) is 0 Å². The normalized spacial score (nSPS) is 10.9. The summed E-state index contributed by atoms with van der Waals surface area (Å²) < 4.78 is 15.9. The average Bonchev–Trinajstić information content (AvgIpc) is 3.21. The lowest BCUT2D eigenvalue weighted by Crippen LogP contribution is -2.00. The Morgan fingerprint density at radius 3 is 1.88 bits per heavy atom. The van der Waals surface area contributed by atoms with Gasteiger partial charge in [0.1, 0.15) is 23.0 Å². The van der Waals surface area contributed by atoms with Crippen LogP contribution in [0.3, 0.4) is 0 Å². The summed E-state index contributed by atoms with van der Waals surface area (Å²) >= 11 is 0. The third-order valence-corrected chi connectivity index (χ3v) is 5.28. The van der Waals surface area contributed by atoms with Crippen molar-refractivity contribution in [3.05, 3.63) is 109 Å². The predicted octanol–water partition coefficient (Wildman–Crippen LogP) is 6.42. The van der Waals surface area contributed by atoms with Crippen LogP contribution in [0.15, 0.2) is 103 Å². The van der Waals surface area contributed by atoms with Crippen LogP contribution in [0, 0.1) is 5.82 Å². The highest BCUT2D eigenvalue weighted by Gasteiger charge is 2.23. The summed E-state index contributed by atoms with van der Waals surface area (Å²) in [5, 5.41) is 24.5. The lowest BCUT2D eigenvalue weighted by molar-refractivity contribution is 0.475. The lowest BCUT2D eigenvalue weighted by atomic mass is 9.95. The van der Waals surface area contributed by atoms with Crippen molar-refractivity contribution in [1.82, 2.24) is 9.78 Å². The molecule has 0 spiro atoms. The molecule has 5 heteroatoms. The monoisotopic (exact) mass is 422 g/mol. The maximum atomic E-state index is 14.1. The van der Waals surface area contributed by atoms with Crippen LogP contribution in [-0.2, 0) is 0 Å². The van der Waals surface area contributed by atoms with E-state index >= 15 is 0 Å². The molecule has 5 rings (SSSR count). The zero-order valence-corrected chi connectivity index (χ0v) is 17.0. The molecule has 0 atom stereocenters. The number of phenolic OH excluding ortho intramolecular Hbond substituents is 2. The SMILES string of the molecule is Oc1ccc(-c2nn(-c3cccc(F)c3)c(-c3ccc(O)cc3)c2-c2ccccc2)cc1. The van der Waals surface area contributed by atoms with Gasteiger partial charge in [0, 0.05) is 16.7 Å². The number of rotatable bonds is 4. The number of nitrogens with zero attached hydrogens (tertiary/aromatic N) is 2. The second-order valence-corrected chi connectivity index (χ2v) is 7.42. The van der Waals surface area contributed by atoms with Gasteiger partial charge in [-0.3, -0.25) is 0 Å². The number of hydrogen-bond acceptors (Lipinski definition) is 3. The lowest BCUT2D eigenvalue weighted by Gasteiger charge is -2.11. The molecule has 0 aliphatic rings. The summed E-state index contributed by atoms with van der Waals surface area (Å²) in [6.07, 6.45) is 0. The molecular formula is C27H19FN2O2. The molecule has 1 aromatic heterocycles. The molecule has 156 valence electrons. The molecule has 5 aromatic rings. The van der Waals surface area contributed by atoms with E-state index in [-0.39, 0.29) is 17.3 Å². The Bertz CT molecular complexity index is 1380. The van der Waals surface area contributed by atoms with Crippen LogP contribution in [0.1, 0.15) is 0 Å². The molecule has 2 N–H and O–H groups in total. The first-order valence-electron chi connectivity index (χ1n) is 10.1. The first-order chi connectivity index (χ1) is 15.6. The molecule has 0 bridgehead atoms. The van der Waals surface area contributed by atoms with E-state index in [1.165, 1.54) is 12.1 Å². The van der Waals surface area contributed by atoms with Gasteiger partial charge in [0.15, 0.2) is 0 Å². The molecular weight excluding hydrogens is 403 g/mol. The molecule has 0 aliphatic carbocycles. The highest BCUT2D eigenvalue weighted by molar-refractivity contribution is 5.92. The molecule has 0 saturated carbocycles. The van der Waals surface area contributed by atoms with E-state index in [9.17, 15) is 14.6 Å². The second kappa shape index (κ2) is 8.04. The average molecular weight is 422 g/mol. The minimum Gasteiger partial charge on any atom is -0.508 e. The van der Waals surface area contributed by atoms with Gasteiger partial charge in [-0.25, -0.2) is 9.07 Å². The highest BCUT2D eigenvalue weighted by atomic mass is 19.1. The Kier molecular flexibility index (Phi) is 4.92. The van der Waals surface area contributed by atoms with Gasteiger partial charge in [-0.1, -0.05) is 36.4 Å². The third kappa shape index (κ3) is 3.61. The van der Waals surface area contributed by atoms with Gasteiger partial charge < -0.3 is 10.2 Å². The van der Waals surface area contributed by atoms with Gasteiger partial charge >= 0.3 is 0 Å². The van der Waals surface area contributed by atoms with Crippen molar-refractivity contribution in [1.29, 1.82) is 0 Å². The summed E-state index contributed by atoms with van der Waals surface area (Å²) in [6, 6.07) is 29.8. The molecule has 4 nitrogen and oxygen atoms in total. The van der Waals surface area contributed by atoms with Crippen LogP contribution in [0.25, 0.3) is 39.3 Å². The second-order valence-electron chi connectivity index (χ2n) is 7.42. The van der Waals surface area contributed by atoms with Crippen molar-refractivity contribution in [3.63, 3.8) is 0 Å². The summed E-state index contributed by atoms with van der Waals surface area (Å²) in [5.41, 5.74) is 5.50. The molecule has 0 amide bonds. The molecule has 0 aliphatic heterocycles. The van der Waals surface area contributed by atoms with Crippen molar-refractivity contribution < 1.29 is 14.6 Å². The largest absolute Gasteiger partial charge is 0.508 e. The Balaban J connectivity index is 1.88. The van der Waals surface area contributed by atoms with Crippen LogP contribution in [-0.4, -0.2) is 20.0 Å². The van der Waals surface area contributed by atoms with Crippen molar-refractivity contribution >= 4 is 0 Å². The standard InChI is InChI=1S/C27H19FN2O2/c28-21-7-4-8-22(17-21)30-27(20-11-15-24(32)16-12-20)25(18-5-2-1-3-6-18)26(29-30)19-9-13-23(31)14-10-19/h1-17,31-32H. The number of aromatic nitrogens is 2. The van der Waals surface area contributed by atoms with Gasteiger partial charge in [0.05, 0.1) is 11.4 Å². The number of phenols is 2. The minimum atomic E-state index is -0.359. The van der Waals surface area contributed by atoms with E-state index in [2.05, 4.69) is 0 Å². The molecule has 0 unspecified atom stereocenters. The van der Waals surface area contributed by atoms with Crippen molar-refractivity contribution in [2.24, 2.45) is 0 Å². The van der Waals surface area contributed by atoms with Gasteiger partial charge in [0.25, 0.3) is 0 Å². The Hall–Kier alpha value is -4.38. The van der Waals surface area contributed by atoms with Gasteiger partial charge in [-0.15, -0.1) is 0 Å². The van der Waals surface area contributed by atoms with Gasteiger partial charge in [-0.05, 0) is 72.3 Å². The van der Waals surface area contributed by atoms with Crippen LogP contribution < -0.4 is 0 Å². The number of halogens is 1. The summed E-state index contributed by atoms with van der Waals surface area (Å²) in [4.78, 5) is 0. The minimum absolute atomic E-state index is 0.158. The van der Waals surface area contributed by atoms with E-state index in [0.29, 0.717) is 11.4 Å². The van der Waals surface area contributed by atoms with Crippen LogP contribution >= 0.6 is 0 Å². The number of aromatic hydroxyl groups is 2. The Morgan fingerprint density at radius 1 is 0.625 bits per heavy atom. The van der Waals surface area contributed by atoms with E-state index < -0.39 is 0 Å². The molecule has 1 heterocycles. The van der Waals surface area contributed by atoms with E-state index in [4.69, 9.17) is 5.10 Å². The van der Waals surface area contributed by atoms with E-state index in [0.717, 1.165) is 27.9 Å². The van der Waals surface area contributed by atoms with Gasteiger partial charge in [0.2, 0.25) is 0 Å². The van der Waals surface area contributed by atoms with Crippen LogP contribution in [0.4, 0.5) is 4.39 Å². The third-order valence-electron chi connectivity index (χ3n) is 5.28. The van der Waals surface area contributed by atoms with E-state index in [1.807, 2.05) is 42.5 Å². The van der Waals surface area contributed by atoms with Crippen LogP contribution in [0.5, 0.6) is 11.5 Å². The predicted molar refractivity (Wildman–Crippen MR) is 123 cm³/mol. The summed E-state index contributed by atoms with van der Waals surface area (Å²) in [5.74, 6) is -0.0361. The maximum absolute atomic E-state index is 14.1. The Labute approximate surface area is 184 Å². The van der Waals surface area contributed by atoms with Gasteiger partial charge in [-0.2, -0.15) is 5.10 Å². The molecule has 0 radical (unpaired) electrons.